The molecule has 1 unspecified atom stereocenters. The number of oxazole rings is 1. The maximum absolute atomic E-state index is 12.4. The molecule has 5 heteroatoms. The molecule has 134 valence electrons. The van der Waals surface area contributed by atoms with Crippen LogP contribution in [0.25, 0.3) is 11.5 Å². The van der Waals surface area contributed by atoms with E-state index >= 15 is 0 Å². The predicted octanol–water partition coefficient (Wildman–Crippen LogP) is 4.08. The molecule has 0 fully saturated rings. The Morgan fingerprint density at radius 3 is 2.73 bits per heavy atom. The molecule has 26 heavy (non-hydrogen) atoms. The standard InChI is InChI=1S/C21H22N2O3/c1-14-9-10-19(25-3)18(11-14)15(2)22-20(24)12-17-13-26-21(23-17)16-7-5-4-6-8-16/h4-11,13,15H,12H2,1-3H3,(H,22,24). The second kappa shape index (κ2) is 7.87. The van der Waals surface area contributed by atoms with E-state index in [4.69, 9.17) is 9.15 Å². The van der Waals surface area contributed by atoms with Crippen LogP contribution in [0.3, 0.4) is 0 Å². The summed E-state index contributed by atoms with van der Waals surface area (Å²) >= 11 is 0. The molecule has 3 rings (SSSR count). The number of carbonyl (C=O) groups excluding carboxylic acids is 1. The Bertz CT molecular complexity index is 887. The van der Waals surface area contributed by atoms with Crippen LogP contribution >= 0.6 is 0 Å². The lowest BCUT2D eigenvalue weighted by molar-refractivity contribution is -0.121. The molecule has 2 aromatic carbocycles. The van der Waals surface area contributed by atoms with Gasteiger partial charge < -0.3 is 14.5 Å². The third-order valence-corrected chi connectivity index (χ3v) is 4.14. The van der Waals surface area contributed by atoms with Crippen molar-refractivity contribution >= 4 is 5.91 Å². The van der Waals surface area contributed by atoms with Gasteiger partial charge in [-0.3, -0.25) is 4.79 Å². The Labute approximate surface area is 153 Å². The molecule has 1 aromatic heterocycles. The zero-order chi connectivity index (χ0) is 18.5. The number of aryl methyl sites for hydroxylation is 1. The van der Waals surface area contributed by atoms with Crippen molar-refractivity contribution in [1.29, 1.82) is 0 Å². The average Bonchev–Trinajstić information content (AvgIpc) is 3.10. The largest absolute Gasteiger partial charge is 0.496 e. The van der Waals surface area contributed by atoms with Crippen LogP contribution in [-0.2, 0) is 11.2 Å². The van der Waals surface area contributed by atoms with E-state index in [1.165, 1.54) is 6.26 Å². The molecule has 3 aromatic rings. The summed E-state index contributed by atoms with van der Waals surface area (Å²) in [6.45, 7) is 3.95. The van der Waals surface area contributed by atoms with Crippen molar-refractivity contribution in [3.05, 3.63) is 71.6 Å². The highest BCUT2D eigenvalue weighted by atomic mass is 16.5. The second-order valence-corrected chi connectivity index (χ2v) is 6.22. The van der Waals surface area contributed by atoms with Crippen LogP contribution in [0.5, 0.6) is 5.75 Å². The van der Waals surface area contributed by atoms with Crippen molar-refractivity contribution < 1.29 is 13.9 Å². The summed E-state index contributed by atoms with van der Waals surface area (Å²) < 4.78 is 10.9. The Morgan fingerprint density at radius 1 is 1.23 bits per heavy atom. The first kappa shape index (κ1) is 17.7. The lowest BCUT2D eigenvalue weighted by atomic mass is 10.0. The SMILES string of the molecule is COc1ccc(C)cc1C(C)NC(=O)Cc1coc(-c2ccccc2)n1. The van der Waals surface area contributed by atoms with Crippen LogP contribution in [0.2, 0.25) is 0 Å². The monoisotopic (exact) mass is 350 g/mol. The molecular formula is C21H22N2O3. The maximum Gasteiger partial charge on any atom is 0.226 e. The van der Waals surface area contributed by atoms with Crippen LogP contribution in [0.1, 0.15) is 29.8 Å². The first-order valence-corrected chi connectivity index (χ1v) is 8.50. The molecule has 0 radical (unpaired) electrons. The highest BCUT2D eigenvalue weighted by Crippen LogP contribution is 2.26. The number of benzene rings is 2. The zero-order valence-electron chi connectivity index (χ0n) is 15.2. The molecule has 0 aliphatic rings. The number of hydrogen-bond acceptors (Lipinski definition) is 4. The highest BCUT2D eigenvalue weighted by Gasteiger charge is 2.16. The first-order valence-electron chi connectivity index (χ1n) is 8.50. The minimum atomic E-state index is -0.169. The molecule has 1 N–H and O–H groups in total. The molecule has 0 spiro atoms. The number of rotatable bonds is 6. The van der Waals surface area contributed by atoms with Crippen LogP contribution < -0.4 is 10.1 Å². The zero-order valence-corrected chi connectivity index (χ0v) is 15.2. The van der Waals surface area contributed by atoms with Gasteiger partial charge in [-0.05, 0) is 32.0 Å². The van der Waals surface area contributed by atoms with Gasteiger partial charge in [-0.1, -0.05) is 35.9 Å². The predicted molar refractivity (Wildman–Crippen MR) is 99.9 cm³/mol. The third kappa shape index (κ3) is 4.11. The summed E-state index contributed by atoms with van der Waals surface area (Å²) in [6, 6.07) is 15.4. The minimum Gasteiger partial charge on any atom is -0.496 e. The molecule has 5 nitrogen and oxygen atoms in total. The molecular weight excluding hydrogens is 328 g/mol. The minimum absolute atomic E-state index is 0.117. The van der Waals surface area contributed by atoms with Gasteiger partial charge in [0, 0.05) is 11.1 Å². The van der Waals surface area contributed by atoms with Gasteiger partial charge in [-0.15, -0.1) is 0 Å². The highest BCUT2D eigenvalue weighted by molar-refractivity contribution is 5.78. The number of amides is 1. The second-order valence-electron chi connectivity index (χ2n) is 6.22. The Hall–Kier alpha value is -3.08. The Kier molecular flexibility index (Phi) is 5.37. The van der Waals surface area contributed by atoms with E-state index in [2.05, 4.69) is 10.3 Å². The fourth-order valence-corrected chi connectivity index (χ4v) is 2.83. The van der Waals surface area contributed by atoms with E-state index in [-0.39, 0.29) is 18.4 Å². The molecule has 1 atom stereocenters. The van der Waals surface area contributed by atoms with E-state index in [0.29, 0.717) is 11.6 Å². The fourth-order valence-electron chi connectivity index (χ4n) is 2.83. The van der Waals surface area contributed by atoms with Gasteiger partial charge in [0.05, 0.1) is 25.3 Å². The summed E-state index contributed by atoms with van der Waals surface area (Å²) in [4.78, 5) is 16.8. The van der Waals surface area contributed by atoms with Gasteiger partial charge in [0.25, 0.3) is 0 Å². The first-order chi connectivity index (χ1) is 12.6. The normalized spacial score (nSPS) is 11.8. The third-order valence-electron chi connectivity index (χ3n) is 4.14. The van der Waals surface area contributed by atoms with E-state index in [1.54, 1.807) is 7.11 Å². The fraction of sp³-hybridized carbons (Fsp3) is 0.238. The molecule has 0 saturated heterocycles. The smallest absolute Gasteiger partial charge is 0.226 e. The summed E-state index contributed by atoms with van der Waals surface area (Å²) in [6.07, 6.45) is 1.69. The van der Waals surface area contributed by atoms with Gasteiger partial charge >= 0.3 is 0 Å². The van der Waals surface area contributed by atoms with Crippen molar-refractivity contribution in [2.24, 2.45) is 0 Å². The number of ether oxygens (including phenoxy) is 1. The van der Waals surface area contributed by atoms with Gasteiger partial charge in [-0.2, -0.15) is 0 Å². The van der Waals surface area contributed by atoms with Gasteiger partial charge in [0.1, 0.15) is 12.0 Å². The Morgan fingerprint density at radius 2 is 2.00 bits per heavy atom. The van der Waals surface area contributed by atoms with Crippen LogP contribution in [0.15, 0.2) is 59.2 Å². The quantitative estimate of drug-likeness (QED) is 0.727. The summed E-state index contributed by atoms with van der Waals surface area (Å²) in [5.41, 5.74) is 3.55. The van der Waals surface area contributed by atoms with E-state index in [1.807, 2.05) is 62.4 Å². The molecule has 1 amide bonds. The topological polar surface area (TPSA) is 64.4 Å². The lowest BCUT2D eigenvalue weighted by Crippen LogP contribution is -2.28. The summed E-state index contributed by atoms with van der Waals surface area (Å²) in [5.74, 6) is 1.16. The van der Waals surface area contributed by atoms with Crippen molar-refractivity contribution in [1.82, 2.24) is 10.3 Å². The Balaban J connectivity index is 1.66. The number of hydrogen-bond donors (Lipinski definition) is 1. The van der Waals surface area contributed by atoms with E-state index < -0.39 is 0 Å². The number of methoxy groups -OCH3 is 1. The molecule has 0 aliphatic carbocycles. The van der Waals surface area contributed by atoms with Crippen LogP contribution in [-0.4, -0.2) is 18.0 Å². The summed E-state index contributed by atoms with van der Waals surface area (Å²) in [5, 5.41) is 3.00. The van der Waals surface area contributed by atoms with Gasteiger partial charge in [0.15, 0.2) is 0 Å². The van der Waals surface area contributed by atoms with E-state index in [0.717, 1.165) is 22.4 Å². The molecule has 0 aliphatic heterocycles. The molecule has 0 bridgehead atoms. The number of aromatic nitrogens is 1. The van der Waals surface area contributed by atoms with Gasteiger partial charge in [0.2, 0.25) is 11.8 Å². The molecule has 0 saturated carbocycles. The maximum atomic E-state index is 12.4. The van der Waals surface area contributed by atoms with Crippen LogP contribution in [0.4, 0.5) is 0 Å². The van der Waals surface area contributed by atoms with Crippen molar-refractivity contribution in [3.63, 3.8) is 0 Å². The van der Waals surface area contributed by atoms with Crippen molar-refractivity contribution in [2.75, 3.05) is 7.11 Å². The van der Waals surface area contributed by atoms with Crippen molar-refractivity contribution in [3.8, 4) is 17.2 Å². The summed E-state index contributed by atoms with van der Waals surface area (Å²) in [7, 11) is 1.63. The number of nitrogens with one attached hydrogen (secondary N) is 1. The van der Waals surface area contributed by atoms with E-state index in [9.17, 15) is 4.79 Å². The molecule has 1 heterocycles. The number of nitrogens with zero attached hydrogens (tertiary/aromatic N) is 1. The van der Waals surface area contributed by atoms with Crippen LogP contribution in [0, 0.1) is 6.92 Å². The van der Waals surface area contributed by atoms with Crippen molar-refractivity contribution in [2.45, 2.75) is 26.3 Å². The van der Waals surface area contributed by atoms with Gasteiger partial charge in [-0.25, -0.2) is 4.98 Å². The lowest BCUT2D eigenvalue weighted by Gasteiger charge is -2.17. The average molecular weight is 350 g/mol. The number of carbonyl (C=O) groups is 1.